The van der Waals surface area contributed by atoms with Crippen LogP contribution >= 0.6 is 11.6 Å². The third-order valence-corrected chi connectivity index (χ3v) is 5.11. The number of halogens is 1. The Balaban J connectivity index is 2.31. The van der Waals surface area contributed by atoms with Crippen molar-refractivity contribution in [1.82, 2.24) is 5.32 Å². The van der Waals surface area contributed by atoms with Crippen molar-refractivity contribution in [1.29, 1.82) is 0 Å². The first-order valence-corrected chi connectivity index (χ1v) is 10.1. The molecule has 0 bridgehead atoms. The summed E-state index contributed by atoms with van der Waals surface area (Å²) in [6.07, 6.45) is 2.49. The van der Waals surface area contributed by atoms with E-state index in [-0.39, 0.29) is 18.9 Å². The molecule has 7 N–H and O–H groups in total. The predicted octanol–water partition coefficient (Wildman–Crippen LogP) is 3.13. The summed E-state index contributed by atoms with van der Waals surface area (Å²) in [4.78, 5) is 0. The summed E-state index contributed by atoms with van der Waals surface area (Å²) in [5.41, 5.74) is 15.9. The van der Waals surface area contributed by atoms with Crippen LogP contribution in [0.3, 0.4) is 0 Å². The maximum atomic E-state index is 9.37. The SMILES string of the molecule is CC/C(=C/N)C(NC(N)Cc1ccc(OC)c(OC)c1)c1cc(Cl)ccc1NCO. The van der Waals surface area contributed by atoms with Crippen LogP contribution in [0.2, 0.25) is 5.02 Å². The van der Waals surface area contributed by atoms with Gasteiger partial charge in [0, 0.05) is 17.1 Å². The van der Waals surface area contributed by atoms with E-state index in [1.54, 1.807) is 26.5 Å². The van der Waals surface area contributed by atoms with Gasteiger partial charge in [-0.25, -0.2) is 0 Å². The van der Waals surface area contributed by atoms with Gasteiger partial charge in [-0.1, -0.05) is 24.6 Å². The number of aliphatic hydroxyl groups is 1. The van der Waals surface area contributed by atoms with E-state index in [9.17, 15) is 5.11 Å². The number of nitrogens with one attached hydrogen (secondary N) is 2. The average molecular weight is 435 g/mol. The molecule has 0 radical (unpaired) electrons. The molecular weight excluding hydrogens is 404 g/mol. The number of anilines is 1. The quantitative estimate of drug-likeness (QED) is 0.345. The molecule has 30 heavy (non-hydrogen) atoms. The minimum Gasteiger partial charge on any atom is -0.493 e. The molecule has 2 aromatic carbocycles. The smallest absolute Gasteiger partial charge is 0.160 e. The second-order valence-corrected chi connectivity index (χ2v) is 7.20. The van der Waals surface area contributed by atoms with Gasteiger partial charge in [0.15, 0.2) is 11.5 Å². The van der Waals surface area contributed by atoms with Gasteiger partial charge >= 0.3 is 0 Å². The Bertz CT molecular complexity index is 860. The number of rotatable bonds is 11. The zero-order valence-electron chi connectivity index (χ0n) is 17.6. The van der Waals surface area contributed by atoms with E-state index in [0.29, 0.717) is 22.9 Å². The summed E-state index contributed by atoms with van der Waals surface area (Å²) in [7, 11) is 3.20. The van der Waals surface area contributed by atoms with Gasteiger partial charge in [-0.05, 0) is 59.7 Å². The largest absolute Gasteiger partial charge is 0.493 e. The minimum absolute atomic E-state index is 0.202. The Morgan fingerprint density at radius 2 is 1.90 bits per heavy atom. The Labute approximate surface area is 183 Å². The number of ether oxygens (including phenoxy) is 2. The highest BCUT2D eigenvalue weighted by atomic mass is 35.5. The van der Waals surface area contributed by atoms with E-state index in [4.69, 9.17) is 32.5 Å². The Morgan fingerprint density at radius 3 is 2.50 bits per heavy atom. The van der Waals surface area contributed by atoms with E-state index < -0.39 is 0 Å². The fourth-order valence-corrected chi connectivity index (χ4v) is 3.55. The lowest BCUT2D eigenvalue weighted by Crippen LogP contribution is -2.42. The van der Waals surface area contributed by atoms with Crippen molar-refractivity contribution in [2.75, 3.05) is 26.3 Å². The standard InChI is InChI=1S/C22H31ClN4O3/c1-4-15(12-24)22(17-11-16(23)6-7-18(17)26-13-28)27-21(25)10-14-5-8-19(29-2)20(9-14)30-3/h5-9,11-12,21-22,26-28H,4,10,13,24-25H2,1-3H3/b15-12-. The molecule has 0 aromatic heterocycles. The van der Waals surface area contributed by atoms with E-state index in [1.807, 2.05) is 37.3 Å². The van der Waals surface area contributed by atoms with Crippen molar-refractivity contribution < 1.29 is 14.6 Å². The molecule has 2 unspecified atom stereocenters. The van der Waals surface area contributed by atoms with Crippen molar-refractivity contribution in [3.05, 3.63) is 64.3 Å². The fourth-order valence-electron chi connectivity index (χ4n) is 3.37. The molecule has 2 aromatic rings. The fraction of sp³-hybridized carbons (Fsp3) is 0.364. The molecule has 7 nitrogen and oxygen atoms in total. The molecular formula is C22H31ClN4O3. The lowest BCUT2D eigenvalue weighted by Gasteiger charge is -2.28. The molecule has 164 valence electrons. The van der Waals surface area contributed by atoms with Gasteiger partial charge in [-0.2, -0.15) is 0 Å². The lowest BCUT2D eigenvalue weighted by atomic mass is 9.95. The third kappa shape index (κ3) is 6.03. The summed E-state index contributed by atoms with van der Waals surface area (Å²) in [6, 6.07) is 10.9. The number of methoxy groups -OCH3 is 2. The van der Waals surface area contributed by atoms with E-state index in [0.717, 1.165) is 28.8 Å². The van der Waals surface area contributed by atoms with Gasteiger partial charge < -0.3 is 31.4 Å². The van der Waals surface area contributed by atoms with Crippen LogP contribution in [0, 0.1) is 0 Å². The monoisotopic (exact) mass is 434 g/mol. The molecule has 2 rings (SSSR count). The molecule has 8 heteroatoms. The van der Waals surface area contributed by atoms with Crippen LogP contribution in [-0.2, 0) is 6.42 Å². The maximum Gasteiger partial charge on any atom is 0.160 e. The maximum absolute atomic E-state index is 9.37. The second-order valence-electron chi connectivity index (χ2n) is 6.76. The number of benzene rings is 2. The zero-order chi connectivity index (χ0) is 22.1. The van der Waals surface area contributed by atoms with Gasteiger partial charge in [0.2, 0.25) is 0 Å². The van der Waals surface area contributed by atoms with Crippen molar-refractivity contribution in [2.24, 2.45) is 11.5 Å². The van der Waals surface area contributed by atoms with Crippen molar-refractivity contribution in [2.45, 2.75) is 32.0 Å². The summed E-state index contributed by atoms with van der Waals surface area (Å²) in [5.74, 6) is 1.32. The number of nitrogens with two attached hydrogens (primary N) is 2. The Kier molecular flexibility index (Phi) is 9.26. The average Bonchev–Trinajstić information content (AvgIpc) is 2.75. The topological polar surface area (TPSA) is 115 Å². The summed E-state index contributed by atoms with van der Waals surface area (Å²) >= 11 is 6.25. The normalized spacial score (nSPS) is 13.6. The number of hydrogen-bond acceptors (Lipinski definition) is 7. The molecule has 0 spiro atoms. The van der Waals surface area contributed by atoms with Crippen LogP contribution in [0.15, 0.2) is 48.2 Å². The van der Waals surface area contributed by atoms with Crippen LogP contribution in [0.5, 0.6) is 11.5 Å². The molecule has 0 aliphatic carbocycles. The van der Waals surface area contributed by atoms with Gasteiger partial charge in [-0.15, -0.1) is 0 Å². The number of hydrogen-bond donors (Lipinski definition) is 5. The van der Waals surface area contributed by atoms with Crippen LogP contribution < -0.4 is 31.6 Å². The number of aliphatic hydroxyl groups excluding tert-OH is 1. The first kappa shape index (κ1) is 23.8. The first-order chi connectivity index (χ1) is 14.5. The predicted molar refractivity (Wildman–Crippen MR) is 122 cm³/mol. The summed E-state index contributed by atoms with van der Waals surface area (Å²) in [5, 5.41) is 16.4. The van der Waals surface area contributed by atoms with E-state index in [2.05, 4.69) is 10.6 Å². The summed E-state index contributed by atoms with van der Waals surface area (Å²) < 4.78 is 10.7. The third-order valence-electron chi connectivity index (χ3n) is 4.87. The molecule has 0 heterocycles. The Morgan fingerprint density at radius 1 is 1.17 bits per heavy atom. The highest BCUT2D eigenvalue weighted by Gasteiger charge is 2.22. The van der Waals surface area contributed by atoms with Crippen LogP contribution in [0.25, 0.3) is 0 Å². The summed E-state index contributed by atoms with van der Waals surface area (Å²) in [6.45, 7) is 1.82. The minimum atomic E-state index is -0.379. The van der Waals surface area contributed by atoms with Crippen molar-refractivity contribution in [3.63, 3.8) is 0 Å². The molecule has 0 aliphatic heterocycles. The van der Waals surface area contributed by atoms with E-state index in [1.165, 1.54) is 0 Å². The van der Waals surface area contributed by atoms with Crippen molar-refractivity contribution in [3.8, 4) is 11.5 Å². The molecule has 0 aliphatic rings. The molecule has 0 saturated heterocycles. The van der Waals surface area contributed by atoms with Gasteiger partial charge in [-0.3, -0.25) is 5.32 Å². The van der Waals surface area contributed by atoms with Crippen LogP contribution in [0.4, 0.5) is 5.69 Å². The highest BCUT2D eigenvalue weighted by Crippen LogP contribution is 2.33. The first-order valence-electron chi connectivity index (χ1n) is 9.74. The molecule has 0 saturated carbocycles. The Hall–Kier alpha value is -2.45. The second kappa shape index (κ2) is 11.7. The molecule has 0 fully saturated rings. The van der Waals surface area contributed by atoms with Crippen LogP contribution in [-0.4, -0.2) is 32.2 Å². The zero-order valence-corrected chi connectivity index (χ0v) is 18.4. The molecule has 0 amide bonds. The van der Waals surface area contributed by atoms with Gasteiger partial charge in [0.05, 0.1) is 26.4 Å². The van der Waals surface area contributed by atoms with Gasteiger partial charge in [0.25, 0.3) is 0 Å². The van der Waals surface area contributed by atoms with Crippen molar-refractivity contribution >= 4 is 17.3 Å². The van der Waals surface area contributed by atoms with Gasteiger partial charge in [0.1, 0.15) is 6.73 Å². The van der Waals surface area contributed by atoms with Crippen LogP contribution in [0.1, 0.15) is 30.5 Å². The molecule has 2 atom stereocenters. The highest BCUT2D eigenvalue weighted by molar-refractivity contribution is 6.30. The lowest BCUT2D eigenvalue weighted by molar-refractivity contribution is 0.325. The van der Waals surface area contributed by atoms with E-state index >= 15 is 0 Å².